The molecule has 1 saturated heterocycles. The van der Waals surface area contributed by atoms with Crippen LogP contribution >= 0.6 is 0 Å². The van der Waals surface area contributed by atoms with Gasteiger partial charge >= 0.3 is 0 Å². The number of hydrogen-bond donors (Lipinski definition) is 2. The van der Waals surface area contributed by atoms with E-state index < -0.39 is 0 Å². The average Bonchev–Trinajstić information content (AvgIpc) is 2.26. The first kappa shape index (κ1) is 12.5. The van der Waals surface area contributed by atoms with Crippen molar-refractivity contribution in [1.82, 2.24) is 10.6 Å². The fourth-order valence-corrected chi connectivity index (χ4v) is 2.24. The Hall–Kier alpha value is -0.590. The molecule has 3 heteroatoms. The summed E-state index contributed by atoms with van der Waals surface area (Å²) in [4.78, 5) is 0. The van der Waals surface area contributed by atoms with Gasteiger partial charge in [-0.15, -0.1) is 0 Å². The van der Waals surface area contributed by atoms with Crippen molar-refractivity contribution in [1.29, 1.82) is 5.26 Å². The van der Waals surface area contributed by atoms with Crippen LogP contribution in [0.5, 0.6) is 0 Å². The van der Waals surface area contributed by atoms with Crippen molar-refractivity contribution in [3.63, 3.8) is 0 Å². The third-order valence-corrected chi connectivity index (χ3v) is 3.30. The lowest BCUT2D eigenvalue weighted by atomic mass is 9.78. The van der Waals surface area contributed by atoms with Crippen LogP contribution < -0.4 is 10.6 Å². The number of nitrogens with one attached hydrogen (secondary N) is 2. The highest BCUT2D eigenvalue weighted by molar-refractivity contribution is 5.13. The number of piperidine rings is 1. The minimum Gasteiger partial charge on any atom is -0.316 e. The lowest BCUT2D eigenvalue weighted by molar-refractivity contribution is 0.200. The van der Waals surface area contributed by atoms with Crippen molar-refractivity contribution in [3.05, 3.63) is 0 Å². The Morgan fingerprint density at radius 1 is 1.60 bits per heavy atom. The maximum Gasteiger partial charge on any atom is 0.112 e. The largest absolute Gasteiger partial charge is 0.316 e. The molecule has 2 unspecified atom stereocenters. The van der Waals surface area contributed by atoms with Gasteiger partial charge in [-0.2, -0.15) is 5.26 Å². The molecule has 0 aliphatic carbocycles. The van der Waals surface area contributed by atoms with E-state index in [4.69, 9.17) is 0 Å². The summed E-state index contributed by atoms with van der Waals surface area (Å²) < 4.78 is 0. The monoisotopic (exact) mass is 209 g/mol. The van der Waals surface area contributed by atoms with Gasteiger partial charge in [-0.3, -0.25) is 5.32 Å². The lowest BCUT2D eigenvalue weighted by Gasteiger charge is -2.40. The molecule has 0 bridgehead atoms. The number of rotatable bonds is 4. The summed E-state index contributed by atoms with van der Waals surface area (Å²) >= 11 is 0. The normalized spacial score (nSPS) is 31.5. The molecule has 2 N–H and O–H groups in total. The molecule has 3 nitrogen and oxygen atoms in total. The third kappa shape index (κ3) is 2.93. The fraction of sp³-hybridized carbons (Fsp3) is 0.917. The second-order valence-electron chi connectivity index (χ2n) is 4.92. The second kappa shape index (κ2) is 5.48. The number of hydrogen-bond acceptors (Lipinski definition) is 3. The van der Waals surface area contributed by atoms with Crippen LogP contribution in [0.15, 0.2) is 0 Å². The summed E-state index contributed by atoms with van der Waals surface area (Å²) in [7, 11) is 0. The highest BCUT2D eigenvalue weighted by Gasteiger charge is 2.39. The molecule has 1 rings (SSSR count). The fourth-order valence-electron chi connectivity index (χ4n) is 2.24. The third-order valence-electron chi connectivity index (χ3n) is 3.30. The van der Waals surface area contributed by atoms with Gasteiger partial charge in [0.05, 0.1) is 6.07 Å². The molecule has 1 aliphatic rings. The summed E-state index contributed by atoms with van der Waals surface area (Å²) in [6.45, 7) is 9.38. The van der Waals surface area contributed by atoms with Crippen molar-refractivity contribution < 1.29 is 0 Å². The Morgan fingerprint density at radius 2 is 2.33 bits per heavy atom. The summed E-state index contributed by atoms with van der Waals surface area (Å²) in [6, 6.07) is 2.52. The molecule has 0 amide bonds. The second-order valence-corrected chi connectivity index (χ2v) is 4.92. The van der Waals surface area contributed by atoms with Gasteiger partial charge in [0, 0.05) is 12.5 Å². The Kier molecular flexibility index (Phi) is 4.56. The van der Waals surface area contributed by atoms with Crippen molar-refractivity contribution >= 4 is 0 Å². The van der Waals surface area contributed by atoms with Crippen LogP contribution in [0.4, 0.5) is 0 Å². The van der Waals surface area contributed by atoms with Gasteiger partial charge in [-0.05, 0) is 31.8 Å². The first-order valence-electron chi connectivity index (χ1n) is 6.01. The van der Waals surface area contributed by atoms with Gasteiger partial charge in [0.25, 0.3) is 0 Å². The maximum atomic E-state index is 9.42. The van der Waals surface area contributed by atoms with Gasteiger partial charge < -0.3 is 5.32 Å². The minimum atomic E-state index is -0.287. The molecule has 2 atom stereocenters. The van der Waals surface area contributed by atoms with Gasteiger partial charge in [-0.25, -0.2) is 0 Å². The predicted molar refractivity (Wildman–Crippen MR) is 62.5 cm³/mol. The summed E-state index contributed by atoms with van der Waals surface area (Å²) in [5.74, 6) is 1.04. The highest BCUT2D eigenvalue weighted by Crippen LogP contribution is 2.26. The van der Waals surface area contributed by atoms with Gasteiger partial charge in [0.2, 0.25) is 0 Å². The van der Waals surface area contributed by atoms with Crippen LogP contribution in [0.25, 0.3) is 0 Å². The zero-order valence-corrected chi connectivity index (χ0v) is 10.1. The molecule has 1 fully saturated rings. The van der Waals surface area contributed by atoms with E-state index in [-0.39, 0.29) is 5.54 Å². The van der Waals surface area contributed by atoms with Crippen molar-refractivity contribution in [2.45, 2.75) is 39.2 Å². The Morgan fingerprint density at radius 3 is 2.87 bits per heavy atom. The van der Waals surface area contributed by atoms with Crippen molar-refractivity contribution in [2.75, 3.05) is 19.6 Å². The quantitative estimate of drug-likeness (QED) is 0.738. The van der Waals surface area contributed by atoms with Crippen LogP contribution in [-0.2, 0) is 0 Å². The van der Waals surface area contributed by atoms with Crippen molar-refractivity contribution in [3.8, 4) is 6.07 Å². The summed E-state index contributed by atoms with van der Waals surface area (Å²) in [6.07, 6.45) is 1.99. The van der Waals surface area contributed by atoms with E-state index in [0.717, 1.165) is 32.5 Å². The van der Waals surface area contributed by atoms with E-state index in [1.54, 1.807) is 0 Å². The molecule has 1 heterocycles. The van der Waals surface area contributed by atoms with Crippen molar-refractivity contribution in [2.24, 2.45) is 11.8 Å². The van der Waals surface area contributed by atoms with Crippen LogP contribution in [0, 0.1) is 23.2 Å². The van der Waals surface area contributed by atoms with E-state index in [0.29, 0.717) is 11.8 Å². The molecule has 0 aromatic carbocycles. The minimum absolute atomic E-state index is 0.287. The lowest BCUT2D eigenvalue weighted by Crippen LogP contribution is -2.58. The summed E-state index contributed by atoms with van der Waals surface area (Å²) in [5.41, 5.74) is -0.287. The van der Waals surface area contributed by atoms with Gasteiger partial charge in [0.15, 0.2) is 0 Å². The SMILES string of the molecule is CCC1CNCCC1(C#N)NCC(C)C. The maximum absolute atomic E-state index is 9.42. The van der Waals surface area contributed by atoms with Crippen LogP contribution in [0.3, 0.4) is 0 Å². The Balaban J connectivity index is 2.67. The molecule has 0 spiro atoms. The van der Waals surface area contributed by atoms with E-state index in [9.17, 15) is 5.26 Å². The van der Waals surface area contributed by atoms with Crippen LogP contribution in [0.1, 0.15) is 33.6 Å². The van der Waals surface area contributed by atoms with E-state index >= 15 is 0 Å². The Bertz CT molecular complexity index is 232. The average molecular weight is 209 g/mol. The first-order chi connectivity index (χ1) is 7.14. The molecular weight excluding hydrogens is 186 g/mol. The Labute approximate surface area is 93.2 Å². The van der Waals surface area contributed by atoms with E-state index in [1.807, 2.05) is 0 Å². The van der Waals surface area contributed by atoms with Gasteiger partial charge in [-0.1, -0.05) is 20.8 Å². The predicted octanol–water partition coefficient (Wildman–Crippen LogP) is 1.51. The zero-order chi connectivity index (χ0) is 11.3. The highest BCUT2D eigenvalue weighted by atomic mass is 15.0. The molecule has 0 aromatic rings. The molecule has 0 radical (unpaired) electrons. The first-order valence-corrected chi connectivity index (χ1v) is 6.01. The van der Waals surface area contributed by atoms with Crippen LogP contribution in [-0.4, -0.2) is 25.2 Å². The topological polar surface area (TPSA) is 47.9 Å². The number of nitrogens with zero attached hydrogens (tertiary/aromatic N) is 1. The number of nitriles is 1. The van der Waals surface area contributed by atoms with Gasteiger partial charge in [0.1, 0.15) is 5.54 Å². The molecule has 0 saturated carbocycles. The van der Waals surface area contributed by atoms with Crippen LogP contribution in [0.2, 0.25) is 0 Å². The summed E-state index contributed by atoms with van der Waals surface area (Å²) in [5, 5.41) is 16.3. The zero-order valence-electron chi connectivity index (χ0n) is 10.1. The molecule has 0 aromatic heterocycles. The van der Waals surface area contributed by atoms with E-state index in [2.05, 4.69) is 37.5 Å². The van der Waals surface area contributed by atoms with E-state index in [1.165, 1.54) is 0 Å². The standard InChI is InChI=1S/C12H23N3/c1-4-11-8-14-6-5-12(11,9-13)15-7-10(2)3/h10-11,14-15H,4-8H2,1-3H3. The molecular formula is C12H23N3. The molecule has 86 valence electrons. The molecule has 1 aliphatic heterocycles. The molecule has 15 heavy (non-hydrogen) atoms. The smallest absolute Gasteiger partial charge is 0.112 e.